The lowest BCUT2D eigenvalue weighted by molar-refractivity contribution is 0.0952. The van der Waals surface area contributed by atoms with E-state index in [1.165, 1.54) is 0 Å². The number of para-hydroxylation sites is 2. The van der Waals surface area contributed by atoms with Crippen LogP contribution in [0.1, 0.15) is 28.2 Å². The summed E-state index contributed by atoms with van der Waals surface area (Å²) in [5.41, 5.74) is 3.75. The van der Waals surface area contributed by atoms with Crippen molar-refractivity contribution in [2.45, 2.75) is 19.4 Å². The molecule has 1 amide bonds. The highest BCUT2D eigenvalue weighted by Gasteiger charge is 2.13. The molecule has 0 fully saturated rings. The zero-order valence-electron chi connectivity index (χ0n) is 18.7. The highest BCUT2D eigenvalue weighted by molar-refractivity contribution is 6.30. The molecule has 4 rings (SSSR count). The number of nitrogens with zero attached hydrogens (tertiary/aromatic N) is 2. The number of hydrogen-bond acceptors (Lipinski definition) is 4. The van der Waals surface area contributed by atoms with Crippen molar-refractivity contribution in [2.24, 2.45) is 0 Å². The van der Waals surface area contributed by atoms with Gasteiger partial charge in [-0.25, -0.2) is 4.98 Å². The molecule has 4 aromatic rings. The smallest absolute Gasteiger partial charge is 0.251 e. The third-order valence-corrected chi connectivity index (χ3v) is 5.75. The first-order valence-electron chi connectivity index (χ1n) is 10.8. The van der Waals surface area contributed by atoms with Gasteiger partial charge in [0, 0.05) is 30.1 Å². The van der Waals surface area contributed by atoms with Gasteiger partial charge in [0.1, 0.15) is 5.82 Å². The van der Waals surface area contributed by atoms with Crippen LogP contribution in [0.15, 0.2) is 66.7 Å². The number of hydrogen-bond donors (Lipinski definition) is 1. The molecule has 1 heterocycles. The molecule has 0 saturated carbocycles. The molecule has 1 N–H and O–H groups in total. The molecule has 0 saturated heterocycles. The Balaban J connectivity index is 1.42. The van der Waals surface area contributed by atoms with E-state index in [2.05, 4.69) is 16.0 Å². The van der Waals surface area contributed by atoms with Gasteiger partial charge < -0.3 is 19.4 Å². The Bertz CT molecular complexity index is 1250. The van der Waals surface area contributed by atoms with Gasteiger partial charge in [0.2, 0.25) is 0 Å². The predicted octanol–water partition coefficient (Wildman–Crippen LogP) is 5.12. The van der Waals surface area contributed by atoms with Crippen LogP contribution in [-0.2, 0) is 13.0 Å². The average Bonchev–Trinajstić information content (AvgIpc) is 3.19. The highest BCUT2D eigenvalue weighted by atomic mass is 35.5. The second-order valence-electron chi connectivity index (χ2n) is 7.66. The standard InChI is InChI=1S/C26H26ClN3O3/c1-32-23-14-11-19(16-24(23)33-2)26(31)28-15-5-8-25-29-21-6-3-4-7-22(21)30(25)17-18-9-12-20(27)13-10-18/h3-4,6-7,9-14,16H,5,8,15,17H2,1-2H3,(H,28,31). The Labute approximate surface area is 198 Å². The molecule has 0 atom stereocenters. The van der Waals surface area contributed by atoms with Crippen LogP contribution in [0.3, 0.4) is 0 Å². The van der Waals surface area contributed by atoms with Crippen LogP contribution < -0.4 is 14.8 Å². The quantitative estimate of drug-likeness (QED) is 0.350. The molecule has 0 aliphatic rings. The number of aromatic nitrogens is 2. The highest BCUT2D eigenvalue weighted by Crippen LogP contribution is 2.27. The second-order valence-corrected chi connectivity index (χ2v) is 8.10. The molecule has 0 radical (unpaired) electrons. The van der Waals surface area contributed by atoms with E-state index in [9.17, 15) is 4.79 Å². The summed E-state index contributed by atoms with van der Waals surface area (Å²) in [4.78, 5) is 17.4. The molecule has 3 aromatic carbocycles. The molecule has 1 aromatic heterocycles. The first kappa shape index (κ1) is 22.7. The summed E-state index contributed by atoms with van der Waals surface area (Å²) in [5, 5.41) is 3.70. The SMILES string of the molecule is COc1ccc(C(=O)NCCCc2nc3ccccc3n2Cc2ccc(Cl)cc2)cc1OC. The lowest BCUT2D eigenvalue weighted by Crippen LogP contribution is -2.25. The first-order valence-corrected chi connectivity index (χ1v) is 11.2. The molecular formula is C26H26ClN3O3. The fourth-order valence-electron chi connectivity index (χ4n) is 3.79. The zero-order chi connectivity index (χ0) is 23.2. The third kappa shape index (κ3) is 5.29. The maximum atomic E-state index is 12.6. The summed E-state index contributed by atoms with van der Waals surface area (Å²) in [6.45, 7) is 1.25. The molecule has 0 unspecified atom stereocenters. The Morgan fingerprint density at radius 1 is 1.00 bits per heavy atom. The number of methoxy groups -OCH3 is 2. The molecular weight excluding hydrogens is 438 g/mol. The number of imidazole rings is 1. The maximum absolute atomic E-state index is 12.6. The van der Waals surface area contributed by atoms with Gasteiger partial charge in [-0.2, -0.15) is 0 Å². The number of amides is 1. The average molecular weight is 464 g/mol. The largest absolute Gasteiger partial charge is 0.493 e. The van der Waals surface area contributed by atoms with Crippen LogP contribution in [0.4, 0.5) is 0 Å². The van der Waals surface area contributed by atoms with Crippen molar-refractivity contribution in [1.29, 1.82) is 0 Å². The summed E-state index contributed by atoms with van der Waals surface area (Å²) in [5.74, 6) is 1.96. The van der Waals surface area contributed by atoms with Gasteiger partial charge in [-0.3, -0.25) is 4.79 Å². The summed E-state index contributed by atoms with van der Waals surface area (Å²) in [6.07, 6.45) is 1.51. The molecule has 170 valence electrons. The maximum Gasteiger partial charge on any atom is 0.251 e. The van der Waals surface area contributed by atoms with Crippen LogP contribution in [-0.4, -0.2) is 36.2 Å². The van der Waals surface area contributed by atoms with E-state index in [1.54, 1.807) is 32.4 Å². The summed E-state index contributed by atoms with van der Waals surface area (Å²) in [6, 6.07) is 21.1. The Morgan fingerprint density at radius 3 is 2.52 bits per heavy atom. The fourth-order valence-corrected chi connectivity index (χ4v) is 3.92. The lowest BCUT2D eigenvalue weighted by atomic mass is 10.2. The third-order valence-electron chi connectivity index (χ3n) is 5.50. The molecule has 0 aliphatic carbocycles. The summed E-state index contributed by atoms with van der Waals surface area (Å²) in [7, 11) is 3.12. The van der Waals surface area contributed by atoms with Gasteiger partial charge >= 0.3 is 0 Å². The number of benzene rings is 3. The lowest BCUT2D eigenvalue weighted by Gasteiger charge is -2.11. The van der Waals surface area contributed by atoms with Crippen molar-refractivity contribution < 1.29 is 14.3 Å². The van der Waals surface area contributed by atoms with Crippen molar-refractivity contribution in [3.8, 4) is 11.5 Å². The molecule has 0 bridgehead atoms. The van der Waals surface area contributed by atoms with E-state index in [0.717, 1.165) is 40.3 Å². The van der Waals surface area contributed by atoms with E-state index in [1.807, 2.05) is 42.5 Å². The number of carbonyl (C=O) groups excluding carboxylic acids is 1. The number of rotatable bonds is 9. The number of ether oxygens (including phenoxy) is 2. The van der Waals surface area contributed by atoms with Crippen molar-refractivity contribution in [1.82, 2.24) is 14.9 Å². The fraction of sp³-hybridized carbons (Fsp3) is 0.231. The number of aryl methyl sites for hydroxylation is 1. The predicted molar refractivity (Wildman–Crippen MR) is 130 cm³/mol. The van der Waals surface area contributed by atoms with Crippen LogP contribution in [0.5, 0.6) is 11.5 Å². The first-order chi connectivity index (χ1) is 16.1. The number of halogens is 1. The van der Waals surface area contributed by atoms with Gasteiger partial charge in [-0.15, -0.1) is 0 Å². The molecule has 33 heavy (non-hydrogen) atoms. The second kappa shape index (κ2) is 10.4. The van der Waals surface area contributed by atoms with Crippen molar-refractivity contribution in [3.05, 3.63) is 88.7 Å². The molecule has 7 heteroatoms. The van der Waals surface area contributed by atoms with Gasteiger partial charge in [0.25, 0.3) is 5.91 Å². The Kier molecular flexibility index (Phi) is 7.15. The van der Waals surface area contributed by atoms with Crippen LogP contribution >= 0.6 is 11.6 Å². The minimum atomic E-state index is -0.148. The molecule has 6 nitrogen and oxygen atoms in total. The van der Waals surface area contributed by atoms with Gasteiger partial charge in [0.05, 0.1) is 25.3 Å². The van der Waals surface area contributed by atoms with Crippen molar-refractivity contribution in [3.63, 3.8) is 0 Å². The molecule has 0 spiro atoms. The zero-order valence-corrected chi connectivity index (χ0v) is 19.4. The Hall–Kier alpha value is -3.51. The Morgan fingerprint density at radius 2 is 1.76 bits per heavy atom. The minimum absolute atomic E-state index is 0.148. The van der Waals surface area contributed by atoms with Gasteiger partial charge in [-0.1, -0.05) is 35.9 Å². The van der Waals surface area contributed by atoms with Gasteiger partial charge in [-0.05, 0) is 54.4 Å². The molecule has 0 aliphatic heterocycles. The van der Waals surface area contributed by atoms with Crippen molar-refractivity contribution in [2.75, 3.05) is 20.8 Å². The normalized spacial score (nSPS) is 10.9. The van der Waals surface area contributed by atoms with E-state index in [4.69, 9.17) is 26.1 Å². The van der Waals surface area contributed by atoms with E-state index >= 15 is 0 Å². The van der Waals surface area contributed by atoms with Gasteiger partial charge in [0.15, 0.2) is 11.5 Å². The summed E-state index contributed by atoms with van der Waals surface area (Å²) < 4.78 is 12.7. The van der Waals surface area contributed by atoms with Crippen LogP contribution in [0.2, 0.25) is 5.02 Å². The van der Waals surface area contributed by atoms with Crippen molar-refractivity contribution >= 4 is 28.5 Å². The number of nitrogens with one attached hydrogen (secondary N) is 1. The minimum Gasteiger partial charge on any atom is -0.493 e. The number of fused-ring (bicyclic) bond motifs is 1. The number of carbonyl (C=O) groups is 1. The van der Waals surface area contributed by atoms with Crippen LogP contribution in [0, 0.1) is 0 Å². The monoisotopic (exact) mass is 463 g/mol. The topological polar surface area (TPSA) is 65.4 Å². The van der Waals surface area contributed by atoms with E-state index < -0.39 is 0 Å². The van der Waals surface area contributed by atoms with Crippen LogP contribution in [0.25, 0.3) is 11.0 Å². The van der Waals surface area contributed by atoms with E-state index in [-0.39, 0.29) is 5.91 Å². The van der Waals surface area contributed by atoms with E-state index in [0.29, 0.717) is 30.2 Å². The summed E-state index contributed by atoms with van der Waals surface area (Å²) >= 11 is 6.04.